The summed E-state index contributed by atoms with van der Waals surface area (Å²) < 4.78 is 0. The first-order valence-corrected chi connectivity index (χ1v) is 10.3. The van der Waals surface area contributed by atoms with Gasteiger partial charge in [0.05, 0.1) is 0 Å². The van der Waals surface area contributed by atoms with Crippen LogP contribution in [0.4, 0.5) is 5.69 Å². The van der Waals surface area contributed by atoms with Gasteiger partial charge in [-0.15, -0.1) is 0 Å². The van der Waals surface area contributed by atoms with Gasteiger partial charge in [0.15, 0.2) is 0 Å². The Morgan fingerprint density at radius 2 is 1.17 bits per heavy atom. The number of nitrogens with zero attached hydrogens (tertiary/aromatic N) is 2. The Balaban J connectivity index is 1.87. The fourth-order valence-electron chi connectivity index (χ4n) is 4.64. The van der Waals surface area contributed by atoms with Gasteiger partial charge in [0, 0.05) is 24.0 Å². The molecule has 2 heterocycles. The maximum Gasteiger partial charge on any atom is 0.134 e. The monoisotopic (exact) mass is 396 g/mol. The zero-order valence-corrected chi connectivity index (χ0v) is 16.8. The van der Waals surface area contributed by atoms with Gasteiger partial charge in [-0.25, -0.2) is 4.98 Å². The molecular formula is C26H21ClN2. The summed E-state index contributed by atoms with van der Waals surface area (Å²) in [5.41, 5.74) is 5.53. The van der Waals surface area contributed by atoms with Crippen molar-refractivity contribution in [3.63, 3.8) is 0 Å². The molecule has 0 bridgehead atoms. The highest BCUT2D eigenvalue weighted by molar-refractivity contribution is 6.30. The molecule has 3 heteroatoms. The molecule has 0 atom stereocenters. The predicted molar refractivity (Wildman–Crippen MR) is 120 cm³/mol. The van der Waals surface area contributed by atoms with E-state index in [2.05, 4.69) is 107 Å². The fraction of sp³-hybridized carbons (Fsp3) is 0.115. The van der Waals surface area contributed by atoms with Crippen molar-refractivity contribution in [3.05, 3.63) is 131 Å². The normalized spacial score (nSPS) is 13.3. The summed E-state index contributed by atoms with van der Waals surface area (Å²) in [6.07, 6.45) is 2.70. The van der Waals surface area contributed by atoms with Gasteiger partial charge in [-0.05, 0) is 29.2 Å². The smallest absolute Gasteiger partial charge is 0.134 e. The molecule has 2 nitrogen and oxygen atoms in total. The van der Waals surface area contributed by atoms with E-state index >= 15 is 0 Å². The fourth-order valence-corrected chi connectivity index (χ4v) is 4.89. The first kappa shape index (κ1) is 18.0. The quantitative estimate of drug-likeness (QED) is 0.306. The summed E-state index contributed by atoms with van der Waals surface area (Å²) in [6, 6.07) is 34.4. The molecule has 1 aliphatic rings. The third kappa shape index (κ3) is 2.83. The number of rotatable bonds is 4. The highest BCUT2D eigenvalue weighted by Gasteiger charge is 2.45. The SMILES string of the molecule is Clc1nccc2c1CCN2C(c1ccccc1)(c1ccccc1)c1ccccc1. The summed E-state index contributed by atoms with van der Waals surface area (Å²) in [7, 11) is 0. The standard InChI is InChI=1S/C26H21ClN2/c27-25-23-17-19-29(24(23)16-18-28-25)26(20-10-4-1-5-11-20,21-12-6-2-7-13-21)22-14-8-3-9-15-22/h1-16,18H,17,19H2. The zero-order chi connectivity index (χ0) is 19.7. The van der Waals surface area contributed by atoms with Crippen LogP contribution in [0.5, 0.6) is 0 Å². The van der Waals surface area contributed by atoms with Crippen LogP contribution in [0, 0.1) is 0 Å². The van der Waals surface area contributed by atoms with Gasteiger partial charge in [-0.3, -0.25) is 0 Å². The van der Waals surface area contributed by atoms with Gasteiger partial charge < -0.3 is 4.90 Å². The van der Waals surface area contributed by atoms with Gasteiger partial charge in [0.25, 0.3) is 0 Å². The number of hydrogen-bond acceptors (Lipinski definition) is 2. The van der Waals surface area contributed by atoms with Crippen molar-refractivity contribution >= 4 is 17.3 Å². The molecule has 4 aromatic rings. The number of benzene rings is 3. The molecule has 0 saturated carbocycles. The molecule has 142 valence electrons. The lowest BCUT2D eigenvalue weighted by Crippen LogP contribution is -2.47. The minimum Gasteiger partial charge on any atom is -0.353 e. The molecule has 1 aromatic heterocycles. The Kier molecular flexibility index (Phi) is 4.57. The van der Waals surface area contributed by atoms with Crippen molar-refractivity contribution in [2.24, 2.45) is 0 Å². The summed E-state index contributed by atoms with van der Waals surface area (Å²) in [4.78, 5) is 6.82. The Labute approximate surface area is 176 Å². The largest absolute Gasteiger partial charge is 0.353 e. The van der Waals surface area contributed by atoms with Crippen molar-refractivity contribution < 1.29 is 0 Å². The molecule has 0 N–H and O–H groups in total. The summed E-state index contributed by atoms with van der Waals surface area (Å²) in [5, 5.41) is 0.605. The van der Waals surface area contributed by atoms with Crippen LogP contribution in [0.25, 0.3) is 0 Å². The molecule has 0 radical (unpaired) electrons. The topological polar surface area (TPSA) is 16.1 Å². The van der Waals surface area contributed by atoms with Crippen molar-refractivity contribution in [2.75, 3.05) is 11.4 Å². The van der Waals surface area contributed by atoms with Crippen LogP contribution >= 0.6 is 11.6 Å². The number of fused-ring (bicyclic) bond motifs is 1. The second-order valence-corrected chi connectivity index (χ2v) is 7.67. The van der Waals surface area contributed by atoms with E-state index in [1.165, 1.54) is 16.7 Å². The number of hydrogen-bond donors (Lipinski definition) is 0. The third-order valence-electron chi connectivity index (χ3n) is 5.83. The minimum absolute atomic E-state index is 0.459. The van der Waals surface area contributed by atoms with E-state index in [9.17, 15) is 0 Å². The van der Waals surface area contributed by atoms with Crippen LogP contribution in [0.2, 0.25) is 5.15 Å². The summed E-state index contributed by atoms with van der Waals surface area (Å²) in [6.45, 7) is 0.874. The molecule has 0 amide bonds. The van der Waals surface area contributed by atoms with Crippen molar-refractivity contribution in [1.82, 2.24) is 4.98 Å². The highest BCUT2D eigenvalue weighted by atomic mass is 35.5. The highest BCUT2D eigenvalue weighted by Crippen LogP contribution is 2.48. The molecule has 0 unspecified atom stereocenters. The number of aromatic nitrogens is 1. The van der Waals surface area contributed by atoms with Gasteiger partial charge in [-0.1, -0.05) is 103 Å². The van der Waals surface area contributed by atoms with Crippen LogP contribution in [0.3, 0.4) is 0 Å². The number of anilines is 1. The van der Waals surface area contributed by atoms with Crippen LogP contribution < -0.4 is 4.90 Å². The predicted octanol–water partition coefficient (Wildman–Crippen LogP) is 6.09. The molecule has 1 aliphatic heterocycles. The van der Waals surface area contributed by atoms with Crippen LogP contribution in [-0.2, 0) is 12.0 Å². The van der Waals surface area contributed by atoms with Crippen molar-refractivity contribution in [1.29, 1.82) is 0 Å². The first-order valence-electron chi connectivity index (χ1n) is 9.89. The van der Waals surface area contributed by atoms with Crippen LogP contribution in [0.15, 0.2) is 103 Å². The summed E-state index contributed by atoms with van der Waals surface area (Å²) >= 11 is 6.49. The van der Waals surface area contributed by atoms with Gasteiger partial charge in [0.1, 0.15) is 10.7 Å². The van der Waals surface area contributed by atoms with Gasteiger partial charge in [-0.2, -0.15) is 0 Å². The second kappa shape index (κ2) is 7.38. The van der Waals surface area contributed by atoms with Crippen molar-refractivity contribution in [2.45, 2.75) is 12.0 Å². The Morgan fingerprint density at radius 3 is 1.66 bits per heavy atom. The number of halogens is 1. The Hall–Kier alpha value is -3.10. The lowest BCUT2D eigenvalue weighted by molar-refractivity contribution is 0.575. The first-order chi connectivity index (χ1) is 14.3. The Morgan fingerprint density at radius 1 is 0.690 bits per heavy atom. The third-order valence-corrected chi connectivity index (χ3v) is 6.16. The van der Waals surface area contributed by atoms with E-state index in [0.717, 1.165) is 24.2 Å². The summed E-state index contributed by atoms with van der Waals surface area (Å²) in [5.74, 6) is 0. The van der Waals surface area contributed by atoms with Gasteiger partial charge in [0.2, 0.25) is 0 Å². The average molecular weight is 397 g/mol. The van der Waals surface area contributed by atoms with Gasteiger partial charge >= 0.3 is 0 Å². The van der Waals surface area contributed by atoms with Crippen LogP contribution in [0.1, 0.15) is 22.3 Å². The maximum absolute atomic E-state index is 6.49. The molecule has 0 aliphatic carbocycles. The molecular weight excluding hydrogens is 376 g/mol. The molecule has 0 fully saturated rings. The molecule has 29 heavy (non-hydrogen) atoms. The van der Waals surface area contributed by atoms with E-state index in [0.29, 0.717) is 5.15 Å². The second-order valence-electron chi connectivity index (χ2n) is 7.31. The van der Waals surface area contributed by atoms with E-state index in [4.69, 9.17) is 11.6 Å². The van der Waals surface area contributed by atoms with Crippen molar-refractivity contribution in [3.8, 4) is 0 Å². The maximum atomic E-state index is 6.49. The van der Waals surface area contributed by atoms with E-state index in [1.54, 1.807) is 0 Å². The van der Waals surface area contributed by atoms with E-state index < -0.39 is 5.54 Å². The molecule has 3 aromatic carbocycles. The lowest BCUT2D eigenvalue weighted by Gasteiger charge is -2.45. The molecule has 5 rings (SSSR count). The lowest BCUT2D eigenvalue weighted by atomic mass is 9.75. The molecule has 0 saturated heterocycles. The Bertz CT molecular complexity index is 1010. The van der Waals surface area contributed by atoms with Crippen LogP contribution in [-0.4, -0.2) is 11.5 Å². The van der Waals surface area contributed by atoms with E-state index in [-0.39, 0.29) is 0 Å². The van der Waals surface area contributed by atoms with E-state index in [1.807, 2.05) is 6.20 Å². The number of pyridine rings is 1. The average Bonchev–Trinajstić information content (AvgIpc) is 3.23. The minimum atomic E-state index is -0.459. The molecule has 0 spiro atoms. The zero-order valence-electron chi connectivity index (χ0n) is 16.0.